The van der Waals surface area contributed by atoms with Gasteiger partial charge in [-0.1, -0.05) is 6.92 Å². The minimum atomic E-state index is -0.715. The third kappa shape index (κ3) is 2.99. The average molecular weight is 214 g/mol. The lowest BCUT2D eigenvalue weighted by Gasteiger charge is -2.10. The van der Waals surface area contributed by atoms with Crippen molar-refractivity contribution in [1.82, 2.24) is 0 Å². The van der Waals surface area contributed by atoms with E-state index in [2.05, 4.69) is 5.32 Å². The summed E-state index contributed by atoms with van der Waals surface area (Å²) in [6.07, 6.45) is 0.433. The summed E-state index contributed by atoms with van der Waals surface area (Å²) in [5, 5.41) is 2.22. The van der Waals surface area contributed by atoms with Crippen molar-refractivity contribution in [1.29, 1.82) is 0 Å². The fraction of sp³-hybridized carbons (Fsp3) is 0.300. The van der Waals surface area contributed by atoms with Crippen molar-refractivity contribution in [2.24, 2.45) is 5.73 Å². The Morgan fingerprint density at radius 2 is 2.20 bits per heavy atom. The fourth-order valence-electron chi connectivity index (χ4n) is 1.00. The van der Waals surface area contributed by atoms with E-state index in [0.29, 0.717) is 6.42 Å². The molecule has 0 aliphatic carbocycles. The van der Waals surface area contributed by atoms with Crippen LogP contribution in [0.15, 0.2) is 18.2 Å². The van der Waals surface area contributed by atoms with Crippen LogP contribution in [0.5, 0.6) is 0 Å². The predicted molar refractivity (Wildman–Crippen MR) is 53.3 cm³/mol. The van der Waals surface area contributed by atoms with E-state index in [1.54, 1.807) is 6.92 Å². The molecule has 0 radical (unpaired) electrons. The molecule has 15 heavy (non-hydrogen) atoms. The quantitative estimate of drug-likeness (QED) is 0.803. The SMILES string of the molecule is CC[C@H](N)C(=O)Nc1cc(F)ccc1F. The fourth-order valence-corrected chi connectivity index (χ4v) is 1.00. The van der Waals surface area contributed by atoms with Crippen LogP contribution in [0, 0.1) is 11.6 Å². The number of hydrogen-bond acceptors (Lipinski definition) is 2. The summed E-state index contributed by atoms with van der Waals surface area (Å²) in [6.45, 7) is 1.73. The van der Waals surface area contributed by atoms with Crippen LogP contribution in [0.2, 0.25) is 0 Å². The molecule has 0 aliphatic rings. The second-order valence-electron chi connectivity index (χ2n) is 3.13. The van der Waals surface area contributed by atoms with Gasteiger partial charge in [-0.15, -0.1) is 0 Å². The van der Waals surface area contributed by atoms with Crippen molar-refractivity contribution in [2.45, 2.75) is 19.4 Å². The molecule has 3 N–H and O–H groups in total. The van der Waals surface area contributed by atoms with Crippen LogP contribution in [-0.2, 0) is 4.79 Å². The van der Waals surface area contributed by atoms with Crippen LogP contribution in [0.3, 0.4) is 0 Å². The Kier molecular flexibility index (Phi) is 3.74. The second kappa shape index (κ2) is 4.84. The van der Waals surface area contributed by atoms with Crippen LogP contribution in [0.1, 0.15) is 13.3 Å². The van der Waals surface area contributed by atoms with Gasteiger partial charge < -0.3 is 11.1 Å². The molecule has 0 fully saturated rings. The van der Waals surface area contributed by atoms with Crippen LogP contribution >= 0.6 is 0 Å². The lowest BCUT2D eigenvalue weighted by atomic mass is 10.2. The van der Waals surface area contributed by atoms with E-state index in [-0.39, 0.29) is 5.69 Å². The number of nitrogens with two attached hydrogens (primary N) is 1. The van der Waals surface area contributed by atoms with E-state index in [4.69, 9.17) is 5.73 Å². The number of rotatable bonds is 3. The maximum Gasteiger partial charge on any atom is 0.241 e. The van der Waals surface area contributed by atoms with E-state index in [1.807, 2.05) is 0 Å². The standard InChI is InChI=1S/C10H12F2N2O/c1-2-8(13)10(15)14-9-5-6(11)3-4-7(9)12/h3-5,8H,2,13H2,1H3,(H,14,15)/t8-/m0/s1. The van der Waals surface area contributed by atoms with Crippen LogP contribution in [0.4, 0.5) is 14.5 Å². The summed E-state index contributed by atoms with van der Waals surface area (Å²) >= 11 is 0. The molecule has 0 aliphatic heterocycles. The van der Waals surface area contributed by atoms with Gasteiger partial charge in [0.2, 0.25) is 5.91 Å². The molecule has 0 saturated heterocycles. The molecule has 82 valence electrons. The van der Waals surface area contributed by atoms with Gasteiger partial charge in [0.15, 0.2) is 0 Å². The molecule has 0 unspecified atom stereocenters. The summed E-state index contributed by atoms with van der Waals surface area (Å²) in [5.41, 5.74) is 5.23. The molecule has 0 heterocycles. The molecule has 5 heteroatoms. The molecule has 0 aromatic heterocycles. The van der Waals surface area contributed by atoms with Crippen molar-refractivity contribution in [2.75, 3.05) is 5.32 Å². The predicted octanol–water partition coefficient (Wildman–Crippen LogP) is 1.64. The smallest absolute Gasteiger partial charge is 0.241 e. The van der Waals surface area contributed by atoms with Crippen LogP contribution in [-0.4, -0.2) is 11.9 Å². The zero-order chi connectivity index (χ0) is 11.4. The number of anilines is 1. The maximum atomic E-state index is 13.1. The molecule has 1 aromatic carbocycles. The van der Waals surface area contributed by atoms with Crippen molar-refractivity contribution in [3.8, 4) is 0 Å². The Labute approximate surface area is 86.3 Å². The Hall–Kier alpha value is -1.49. The maximum absolute atomic E-state index is 13.1. The van der Waals surface area contributed by atoms with Gasteiger partial charge >= 0.3 is 0 Å². The zero-order valence-electron chi connectivity index (χ0n) is 8.26. The van der Waals surface area contributed by atoms with Crippen LogP contribution < -0.4 is 11.1 Å². The van der Waals surface area contributed by atoms with Gasteiger partial charge in [0.05, 0.1) is 11.7 Å². The van der Waals surface area contributed by atoms with Gasteiger partial charge in [0.25, 0.3) is 0 Å². The Balaban J connectivity index is 2.80. The molecule has 0 bridgehead atoms. The lowest BCUT2D eigenvalue weighted by Crippen LogP contribution is -2.35. The molecule has 3 nitrogen and oxygen atoms in total. The van der Waals surface area contributed by atoms with E-state index in [0.717, 1.165) is 18.2 Å². The van der Waals surface area contributed by atoms with Crippen molar-refractivity contribution in [3.05, 3.63) is 29.8 Å². The number of nitrogens with one attached hydrogen (secondary N) is 1. The topological polar surface area (TPSA) is 55.1 Å². The van der Waals surface area contributed by atoms with Gasteiger partial charge in [-0.2, -0.15) is 0 Å². The first-order valence-electron chi connectivity index (χ1n) is 4.56. The second-order valence-corrected chi connectivity index (χ2v) is 3.13. The number of hydrogen-bond donors (Lipinski definition) is 2. The highest BCUT2D eigenvalue weighted by atomic mass is 19.1. The molecule has 0 spiro atoms. The van der Waals surface area contributed by atoms with Gasteiger partial charge in [-0.3, -0.25) is 4.79 Å². The zero-order valence-corrected chi connectivity index (χ0v) is 8.26. The van der Waals surface area contributed by atoms with E-state index in [9.17, 15) is 13.6 Å². The Morgan fingerprint density at radius 1 is 1.53 bits per heavy atom. The first-order valence-corrected chi connectivity index (χ1v) is 4.56. The highest BCUT2D eigenvalue weighted by Crippen LogP contribution is 2.15. The highest BCUT2D eigenvalue weighted by Gasteiger charge is 2.13. The van der Waals surface area contributed by atoms with Gasteiger partial charge in [-0.25, -0.2) is 8.78 Å². The summed E-state index contributed by atoms with van der Waals surface area (Å²) in [4.78, 5) is 11.3. The van der Waals surface area contributed by atoms with Gasteiger partial charge in [0.1, 0.15) is 11.6 Å². The molecule has 1 amide bonds. The van der Waals surface area contributed by atoms with Gasteiger partial charge in [0, 0.05) is 6.07 Å². The number of carbonyl (C=O) groups excluding carboxylic acids is 1. The van der Waals surface area contributed by atoms with Gasteiger partial charge in [-0.05, 0) is 18.6 Å². The summed E-state index contributed by atoms with van der Waals surface area (Å²) in [5.74, 6) is -1.83. The number of amides is 1. The first-order chi connectivity index (χ1) is 7.04. The molecule has 1 atom stereocenters. The highest BCUT2D eigenvalue weighted by molar-refractivity contribution is 5.94. The largest absolute Gasteiger partial charge is 0.322 e. The first kappa shape index (κ1) is 11.6. The lowest BCUT2D eigenvalue weighted by molar-refractivity contribution is -0.117. The number of benzene rings is 1. The van der Waals surface area contributed by atoms with E-state index < -0.39 is 23.6 Å². The van der Waals surface area contributed by atoms with E-state index in [1.165, 1.54) is 0 Å². The number of halogens is 2. The Bertz CT molecular complexity index is 368. The number of carbonyl (C=O) groups is 1. The third-order valence-corrected chi connectivity index (χ3v) is 1.96. The van der Waals surface area contributed by atoms with Crippen LogP contribution in [0.25, 0.3) is 0 Å². The minimum Gasteiger partial charge on any atom is -0.322 e. The monoisotopic (exact) mass is 214 g/mol. The summed E-state index contributed by atoms with van der Waals surface area (Å²) in [6, 6.07) is 2.12. The van der Waals surface area contributed by atoms with Crippen molar-refractivity contribution in [3.63, 3.8) is 0 Å². The summed E-state index contributed by atoms with van der Waals surface area (Å²) in [7, 11) is 0. The summed E-state index contributed by atoms with van der Waals surface area (Å²) < 4.78 is 25.8. The molecule has 0 saturated carbocycles. The van der Waals surface area contributed by atoms with Crippen molar-refractivity contribution >= 4 is 11.6 Å². The molecule has 1 aromatic rings. The van der Waals surface area contributed by atoms with E-state index >= 15 is 0 Å². The van der Waals surface area contributed by atoms with Crippen molar-refractivity contribution < 1.29 is 13.6 Å². The normalized spacial score (nSPS) is 12.3. The minimum absolute atomic E-state index is 0.191. The Morgan fingerprint density at radius 3 is 2.80 bits per heavy atom. The third-order valence-electron chi connectivity index (χ3n) is 1.96. The molecular formula is C10H12F2N2O. The average Bonchev–Trinajstić information content (AvgIpc) is 2.22. The molecular weight excluding hydrogens is 202 g/mol. The molecule has 1 rings (SSSR count).